The van der Waals surface area contributed by atoms with E-state index in [9.17, 15) is 8.42 Å². The summed E-state index contributed by atoms with van der Waals surface area (Å²) in [6.07, 6.45) is 0. The summed E-state index contributed by atoms with van der Waals surface area (Å²) >= 11 is 24.3. The number of hydrogen-bond donors (Lipinski definition) is 0. The smallest absolute Gasteiger partial charge is 0.265 e. The minimum Gasteiger partial charge on any atom is -0.495 e. The molecule has 0 saturated carbocycles. The first-order valence-corrected chi connectivity index (χ1v) is 9.69. The van der Waals surface area contributed by atoms with Crippen LogP contribution in [0.2, 0.25) is 20.1 Å². The molecule has 2 rings (SSSR count). The molecule has 130 valence electrons. The van der Waals surface area contributed by atoms with Crippen LogP contribution in [0.1, 0.15) is 6.92 Å². The molecule has 0 bridgehead atoms. The highest BCUT2D eigenvalue weighted by atomic mass is 35.5. The van der Waals surface area contributed by atoms with Gasteiger partial charge in [-0.05, 0) is 37.3 Å². The number of rotatable bonds is 5. The van der Waals surface area contributed by atoms with Gasteiger partial charge in [0.25, 0.3) is 10.0 Å². The Morgan fingerprint density at radius 3 is 2.29 bits per heavy atom. The van der Waals surface area contributed by atoms with E-state index in [1.54, 1.807) is 13.0 Å². The fourth-order valence-electron chi connectivity index (χ4n) is 2.14. The molecule has 2 aromatic carbocycles. The third-order valence-electron chi connectivity index (χ3n) is 3.26. The van der Waals surface area contributed by atoms with Crippen molar-refractivity contribution in [2.24, 2.45) is 0 Å². The van der Waals surface area contributed by atoms with Gasteiger partial charge in [-0.15, -0.1) is 0 Å². The van der Waals surface area contributed by atoms with E-state index in [0.717, 1.165) is 4.31 Å². The normalized spacial score (nSPS) is 11.4. The van der Waals surface area contributed by atoms with Gasteiger partial charge < -0.3 is 4.74 Å². The number of ether oxygens (including phenoxy) is 1. The Labute approximate surface area is 160 Å². The van der Waals surface area contributed by atoms with Crippen LogP contribution < -0.4 is 9.04 Å². The maximum Gasteiger partial charge on any atom is 0.265 e. The monoisotopic (exact) mass is 427 g/mol. The van der Waals surface area contributed by atoms with Crippen molar-refractivity contribution in [1.82, 2.24) is 0 Å². The van der Waals surface area contributed by atoms with E-state index >= 15 is 0 Å². The van der Waals surface area contributed by atoms with Crippen molar-refractivity contribution in [3.05, 3.63) is 50.4 Å². The number of methoxy groups -OCH3 is 1. The molecule has 0 heterocycles. The number of sulfonamides is 1. The summed E-state index contributed by atoms with van der Waals surface area (Å²) in [6.45, 7) is 1.80. The van der Waals surface area contributed by atoms with Gasteiger partial charge in [-0.1, -0.05) is 46.4 Å². The Hall–Kier alpha value is -0.850. The maximum absolute atomic E-state index is 13.0. The molecule has 0 atom stereocenters. The molecule has 2 aromatic rings. The predicted molar refractivity (Wildman–Crippen MR) is 99.7 cm³/mol. The Morgan fingerprint density at radius 1 is 1.04 bits per heavy atom. The molecule has 0 amide bonds. The zero-order chi connectivity index (χ0) is 18.1. The van der Waals surface area contributed by atoms with Gasteiger partial charge in [0.2, 0.25) is 0 Å². The zero-order valence-electron chi connectivity index (χ0n) is 12.7. The van der Waals surface area contributed by atoms with Gasteiger partial charge >= 0.3 is 0 Å². The van der Waals surface area contributed by atoms with Gasteiger partial charge in [0.15, 0.2) is 0 Å². The summed E-state index contributed by atoms with van der Waals surface area (Å²) < 4.78 is 32.2. The highest BCUT2D eigenvalue weighted by molar-refractivity contribution is 7.93. The summed E-state index contributed by atoms with van der Waals surface area (Å²) in [5.41, 5.74) is 0.259. The third-order valence-corrected chi connectivity index (χ3v) is 6.73. The Bertz CT molecular complexity index is 871. The van der Waals surface area contributed by atoms with Crippen LogP contribution in [0.5, 0.6) is 5.75 Å². The van der Waals surface area contributed by atoms with Crippen LogP contribution >= 0.6 is 46.4 Å². The molecule has 4 nitrogen and oxygen atoms in total. The highest BCUT2D eigenvalue weighted by Gasteiger charge is 2.29. The minimum absolute atomic E-state index is 0.0217. The number of nitrogens with zero attached hydrogens (tertiary/aromatic N) is 1. The highest BCUT2D eigenvalue weighted by Crippen LogP contribution is 2.40. The second-order valence-corrected chi connectivity index (χ2v) is 8.09. The predicted octanol–water partition coefficient (Wildman–Crippen LogP) is 5.52. The lowest BCUT2D eigenvalue weighted by atomic mass is 10.3. The quantitative estimate of drug-likeness (QED) is 0.629. The summed E-state index contributed by atoms with van der Waals surface area (Å²) in [4.78, 5) is -0.146. The van der Waals surface area contributed by atoms with Crippen molar-refractivity contribution in [1.29, 1.82) is 0 Å². The fraction of sp³-hybridized carbons (Fsp3) is 0.200. The van der Waals surface area contributed by atoms with Gasteiger partial charge in [0.05, 0.1) is 22.8 Å². The average Bonchev–Trinajstić information content (AvgIpc) is 2.53. The van der Waals surface area contributed by atoms with Crippen LogP contribution in [0.15, 0.2) is 35.2 Å². The van der Waals surface area contributed by atoms with E-state index in [4.69, 9.17) is 51.1 Å². The fourth-order valence-corrected chi connectivity index (χ4v) is 4.87. The molecule has 24 heavy (non-hydrogen) atoms. The lowest BCUT2D eigenvalue weighted by Crippen LogP contribution is -2.31. The molecular weight excluding hydrogens is 416 g/mol. The van der Waals surface area contributed by atoms with Crippen molar-refractivity contribution < 1.29 is 13.2 Å². The van der Waals surface area contributed by atoms with Crippen molar-refractivity contribution in [2.45, 2.75) is 11.8 Å². The van der Waals surface area contributed by atoms with Crippen molar-refractivity contribution >= 4 is 62.1 Å². The summed E-state index contributed by atoms with van der Waals surface area (Å²) in [6, 6.07) is 7.35. The topological polar surface area (TPSA) is 46.6 Å². The van der Waals surface area contributed by atoms with Gasteiger partial charge in [-0.25, -0.2) is 8.42 Å². The molecule has 0 aromatic heterocycles. The van der Waals surface area contributed by atoms with E-state index in [-0.39, 0.29) is 37.9 Å². The summed E-state index contributed by atoms with van der Waals surface area (Å²) in [7, 11) is -2.59. The third kappa shape index (κ3) is 3.55. The number of hydrogen-bond acceptors (Lipinski definition) is 3. The van der Waals surface area contributed by atoms with Crippen molar-refractivity contribution in [3.8, 4) is 5.75 Å². The molecule has 0 radical (unpaired) electrons. The Kier molecular flexibility index (Phi) is 6.15. The summed E-state index contributed by atoms with van der Waals surface area (Å²) in [5.74, 6) is 0.282. The van der Waals surface area contributed by atoms with Crippen molar-refractivity contribution in [2.75, 3.05) is 18.0 Å². The molecule has 0 aliphatic heterocycles. The van der Waals surface area contributed by atoms with Crippen LogP contribution in [-0.4, -0.2) is 22.1 Å². The SMILES string of the molecule is CCN(c1cc(Cl)ccc1Cl)S(=O)(=O)c1ccc(OC)c(Cl)c1Cl. The van der Waals surface area contributed by atoms with Crippen LogP contribution in [-0.2, 0) is 10.0 Å². The molecule has 0 fully saturated rings. The van der Waals surface area contributed by atoms with Gasteiger partial charge in [0, 0.05) is 11.6 Å². The lowest BCUT2D eigenvalue weighted by Gasteiger charge is -2.25. The van der Waals surface area contributed by atoms with E-state index in [0.29, 0.717) is 5.02 Å². The summed E-state index contributed by atoms with van der Waals surface area (Å²) in [5, 5.41) is 0.517. The first kappa shape index (κ1) is 19.5. The molecule has 0 N–H and O–H groups in total. The minimum atomic E-state index is -4.00. The van der Waals surface area contributed by atoms with Gasteiger partial charge in [0.1, 0.15) is 15.7 Å². The number of benzene rings is 2. The largest absolute Gasteiger partial charge is 0.495 e. The first-order valence-electron chi connectivity index (χ1n) is 6.73. The Morgan fingerprint density at radius 2 is 1.71 bits per heavy atom. The lowest BCUT2D eigenvalue weighted by molar-refractivity contribution is 0.414. The zero-order valence-corrected chi connectivity index (χ0v) is 16.5. The molecule has 0 unspecified atom stereocenters. The second kappa shape index (κ2) is 7.58. The standard InChI is InChI=1S/C15H13Cl4NO3S/c1-3-20(11-8-9(16)4-5-10(11)17)24(21,22)13-7-6-12(23-2)14(18)15(13)19/h4-8H,3H2,1-2H3. The molecule has 0 aliphatic carbocycles. The average molecular weight is 429 g/mol. The van der Waals surface area contributed by atoms with E-state index in [2.05, 4.69) is 0 Å². The van der Waals surface area contributed by atoms with Crippen LogP contribution in [0, 0.1) is 0 Å². The van der Waals surface area contributed by atoms with Crippen LogP contribution in [0.25, 0.3) is 0 Å². The second-order valence-electron chi connectivity index (χ2n) is 4.66. The molecule has 0 aliphatic rings. The van der Waals surface area contributed by atoms with Gasteiger partial charge in [-0.3, -0.25) is 4.31 Å². The van der Waals surface area contributed by atoms with Gasteiger partial charge in [-0.2, -0.15) is 0 Å². The molecular formula is C15H13Cl4NO3S. The van der Waals surface area contributed by atoms with Crippen LogP contribution in [0.3, 0.4) is 0 Å². The number of halogens is 4. The molecule has 9 heteroatoms. The van der Waals surface area contributed by atoms with Crippen LogP contribution in [0.4, 0.5) is 5.69 Å². The number of anilines is 1. The maximum atomic E-state index is 13.0. The van der Waals surface area contributed by atoms with Crippen molar-refractivity contribution in [3.63, 3.8) is 0 Å². The molecule has 0 saturated heterocycles. The first-order chi connectivity index (χ1) is 11.2. The van der Waals surface area contributed by atoms with E-state index in [1.165, 1.54) is 31.4 Å². The van der Waals surface area contributed by atoms with E-state index < -0.39 is 10.0 Å². The Balaban J connectivity index is 2.64. The van der Waals surface area contributed by atoms with E-state index in [1.807, 2.05) is 0 Å². The molecule has 0 spiro atoms.